The van der Waals surface area contributed by atoms with Crippen molar-refractivity contribution in [1.29, 1.82) is 0 Å². The smallest absolute Gasteiger partial charge is 0.293 e. The van der Waals surface area contributed by atoms with E-state index in [0.717, 1.165) is 33.0 Å². The summed E-state index contributed by atoms with van der Waals surface area (Å²) in [4.78, 5) is 38.9. The number of carbonyl (C=O) groups is 3. The van der Waals surface area contributed by atoms with E-state index in [1.807, 2.05) is 54.6 Å². The second-order valence-corrected chi connectivity index (χ2v) is 7.92. The van der Waals surface area contributed by atoms with Gasteiger partial charge in [-0.05, 0) is 47.0 Å². The predicted octanol–water partition coefficient (Wildman–Crippen LogP) is 4.91. The molecular weight excluding hydrogens is 412 g/mol. The molecule has 0 spiro atoms. The normalized spacial score (nSPS) is 15.0. The molecule has 0 atom stereocenters. The van der Waals surface area contributed by atoms with Gasteiger partial charge in [0.25, 0.3) is 11.1 Å². The van der Waals surface area contributed by atoms with Gasteiger partial charge in [0.15, 0.2) is 0 Å². The van der Waals surface area contributed by atoms with Gasteiger partial charge in [0.1, 0.15) is 5.75 Å². The van der Waals surface area contributed by atoms with Crippen LogP contribution in [0.3, 0.4) is 0 Å². The van der Waals surface area contributed by atoms with Crippen molar-refractivity contribution in [3.63, 3.8) is 0 Å². The molecule has 0 radical (unpaired) electrons. The molecule has 0 saturated carbocycles. The zero-order valence-corrected chi connectivity index (χ0v) is 17.6. The minimum Gasteiger partial charge on any atom is -0.497 e. The summed E-state index contributed by atoms with van der Waals surface area (Å²) in [7, 11) is 1.58. The van der Waals surface area contributed by atoms with Gasteiger partial charge in [0.05, 0.1) is 12.0 Å². The first kappa shape index (κ1) is 20.7. The van der Waals surface area contributed by atoms with Crippen molar-refractivity contribution in [3.8, 4) is 5.75 Å². The lowest BCUT2D eigenvalue weighted by Gasteiger charge is -2.13. The topological polar surface area (TPSA) is 75.7 Å². The first-order chi connectivity index (χ1) is 15.0. The molecule has 156 valence electrons. The summed E-state index contributed by atoms with van der Waals surface area (Å²) in [5.41, 5.74) is 1.50. The molecular formula is C24H20N2O4S. The van der Waals surface area contributed by atoms with Gasteiger partial charge in [-0.25, -0.2) is 0 Å². The highest BCUT2D eigenvalue weighted by atomic mass is 32.2. The minimum absolute atomic E-state index is 0.0249. The largest absolute Gasteiger partial charge is 0.497 e. The maximum absolute atomic E-state index is 12.6. The third-order valence-electron chi connectivity index (χ3n) is 4.91. The summed E-state index contributed by atoms with van der Waals surface area (Å²) < 4.78 is 5.12. The molecule has 1 aliphatic heterocycles. The maximum atomic E-state index is 12.6. The van der Waals surface area contributed by atoms with Crippen LogP contribution >= 0.6 is 11.8 Å². The maximum Gasteiger partial charge on any atom is 0.293 e. The molecule has 3 amide bonds. The number of hydrogen-bond donors (Lipinski definition) is 1. The Kier molecular flexibility index (Phi) is 6.04. The Hall–Kier alpha value is -3.58. The number of thioether (sulfide) groups is 1. The monoisotopic (exact) mass is 432 g/mol. The Morgan fingerprint density at radius 3 is 2.55 bits per heavy atom. The van der Waals surface area contributed by atoms with Gasteiger partial charge in [-0.1, -0.05) is 48.5 Å². The van der Waals surface area contributed by atoms with Crippen molar-refractivity contribution in [3.05, 3.63) is 77.2 Å². The highest BCUT2D eigenvalue weighted by molar-refractivity contribution is 8.18. The number of fused-ring (bicyclic) bond motifs is 1. The Morgan fingerprint density at radius 1 is 1.03 bits per heavy atom. The summed E-state index contributed by atoms with van der Waals surface area (Å²) in [6.07, 6.45) is 1.69. The molecule has 31 heavy (non-hydrogen) atoms. The summed E-state index contributed by atoms with van der Waals surface area (Å²) >= 11 is 0.880. The number of amides is 3. The molecule has 7 heteroatoms. The van der Waals surface area contributed by atoms with E-state index in [1.165, 1.54) is 0 Å². The SMILES string of the molecule is COc1ccc(/C=C2/SC(=O)N(CCC(=O)Nc3cccc4ccccc34)C2=O)cc1. The van der Waals surface area contributed by atoms with Crippen LogP contribution in [0.1, 0.15) is 12.0 Å². The van der Waals surface area contributed by atoms with Crippen LogP contribution in [0.5, 0.6) is 5.75 Å². The van der Waals surface area contributed by atoms with Crippen molar-refractivity contribution in [2.75, 3.05) is 19.0 Å². The number of methoxy groups -OCH3 is 1. The fraction of sp³-hybridized carbons (Fsp3) is 0.125. The molecule has 3 aromatic carbocycles. The summed E-state index contributed by atoms with van der Waals surface area (Å²) in [6, 6.07) is 20.6. The van der Waals surface area contributed by atoms with E-state index in [1.54, 1.807) is 25.3 Å². The van der Waals surface area contributed by atoms with Gasteiger partial charge >= 0.3 is 0 Å². The number of anilines is 1. The van der Waals surface area contributed by atoms with Crippen LogP contribution in [0.4, 0.5) is 10.5 Å². The van der Waals surface area contributed by atoms with Crippen LogP contribution in [0.15, 0.2) is 71.6 Å². The predicted molar refractivity (Wildman–Crippen MR) is 123 cm³/mol. The highest BCUT2D eigenvalue weighted by Crippen LogP contribution is 2.32. The molecule has 1 saturated heterocycles. The van der Waals surface area contributed by atoms with Gasteiger partial charge in [0, 0.05) is 24.0 Å². The van der Waals surface area contributed by atoms with Gasteiger partial charge in [-0.15, -0.1) is 0 Å². The van der Waals surface area contributed by atoms with Gasteiger partial charge in [-0.3, -0.25) is 19.3 Å². The van der Waals surface area contributed by atoms with E-state index >= 15 is 0 Å². The van der Waals surface area contributed by atoms with Gasteiger partial charge < -0.3 is 10.1 Å². The lowest BCUT2D eigenvalue weighted by molar-refractivity contribution is -0.123. The van der Waals surface area contributed by atoms with E-state index in [2.05, 4.69) is 5.32 Å². The minimum atomic E-state index is -0.385. The molecule has 3 aromatic rings. The van der Waals surface area contributed by atoms with Crippen molar-refractivity contribution < 1.29 is 19.1 Å². The Labute approximate surface area is 183 Å². The molecule has 1 heterocycles. The third kappa shape index (κ3) is 4.62. The number of ether oxygens (including phenoxy) is 1. The summed E-state index contributed by atoms with van der Waals surface area (Å²) in [5, 5.41) is 4.47. The number of carbonyl (C=O) groups excluding carboxylic acids is 3. The van der Waals surface area contributed by atoms with E-state index in [9.17, 15) is 14.4 Å². The Morgan fingerprint density at radius 2 is 1.77 bits per heavy atom. The number of imide groups is 1. The van der Waals surface area contributed by atoms with Crippen LogP contribution in [-0.4, -0.2) is 35.6 Å². The zero-order valence-electron chi connectivity index (χ0n) is 16.8. The summed E-state index contributed by atoms with van der Waals surface area (Å²) in [6.45, 7) is 0.0290. The van der Waals surface area contributed by atoms with Crippen LogP contribution in [0, 0.1) is 0 Å². The van der Waals surface area contributed by atoms with Crippen LogP contribution in [-0.2, 0) is 9.59 Å². The van der Waals surface area contributed by atoms with Crippen LogP contribution in [0.2, 0.25) is 0 Å². The van der Waals surface area contributed by atoms with Crippen molar-refractivity contribution in [2.24, 2.45) is 0 Å². The van der Waals surface area contributed by atoms with Crippen molar-refractivity contribution in [2.45, 2.75) is 6.42 Å². The summed E-state index contributed by atoms with van der Waals surface area (Å²) in [5.74, 6) is 0.0702. The number of nitrogens with zero attached hydrogens (tertiary/aromatic N) is 1. The average Bonchev–Trinajstić information content (AvgIpc) is 3.05. The fourth-order valence-corrected chi connectivity index (χ4v) is 4.17. The van der Waals surface area contributed by atoms with E-state index in [-0.39, 0.29) is 30.0 Å². The van der Waals surface area contributed by atoms with E-state index in [4.69, 9.17) is 4.74 Å². The van der Waals surface area contributed by atoms with Crippen molar-refractivity contribution in [1.82, 2.24) is 4.90 Å². The number of rotatable bonds is 6. The second-order valence-electron chi connectivity index (χ2n) is 6.93. The third-order valence-corrected chi connectivity index (χ3v) is 5.82. The van der Waals surface area contributed by atoms with Gasteiger partial charge in [0.2, 0.25) is 5.91 Å². The number of hydrogen-bond acceptors (Lipinski definition) is 5. The molecule has 6 nitrogen and oxygen atoms in total. The number of benzene rings is 3. The van der Waals surface area contributed by atoms with E-state index < -0.39 is 0 Å². The lowest BCUT2D eigenvalue weighted by atomic mass is 10.1. The van der Waals surface area contributed by atoms with Crippen LogP contribution in [0.25, 0.3) is 16.8 Å². The van der Waals surface area contributed by atoms with Gasteiger partial charge in [-0.2, -0.15) is 0 Å². The Bertz CT molecular complexity index is 1180. The zero-order chi connectivity index (χ0) is 21.8. The van der Waals surface area contributed by atoms with Crippen LogP contribution < -0.4 is 10.1 Å². The van der Waals surface area contributed by atoms with Crippen molar-refractivity contribution >= 4 is 51.4 Å². The molecule has 0 unspecified atom stereocenters. The standard InChI is InChI=1S/C24H20N2O4S/c1-30-18-11-9-16(10-12-18)15-21-23(28)26(24(29)31-21)14-13-22(27)25-20-8-4-6-17-5-2-3-7-19(17)20/h2-12,15H,13-14H2,1H3,(H,25,27)/b21-15+. The molecule has 1 fully saturated rings. The van der Waals surface area contributed by atoms with E-state index in [0.29, 0.717) is 16.3 Å². The first-order valence-electron chi connectivity index (χ1n) is 9.72. The molecule has 0 aromatic heterocycles. The lowest BCUT2D eigenvalue weighted by Crippen LogP contribution is -2.31. The highest BCUT2D eigenvalue weighted by Gasteiger charge is 2.35. The average molecular weight is 433 g/mol. The first-order valence-corrected chi connectivity index (χ1v) is 10.5. The quantitative estimate of drug-likeness (QED) is 0.560. The molecule has 1 N–H and O–H groups in total. The second kappa shape index (κ2) is 9.06. The Balaban J connectivity index is 1.40. The number of nitrogens with one attached hydrogen (secondary N) is 1. The molecule has 1 aliphatic rings. The molecule has 4 rings (SSSR count). The molecule has 0 aliphatic carbocycles. The fourth-order valence-electron chi connectivity index (χ4n) is 3.30. The molecule has 0 bridgehead atoms.